The third-order valence-electron chi connectivity index (χ3n) is 6.31. The Balaban J connectivity index is 1.42. The monoisotopic (exact) mass is 397 g/mol. The fourth-order valence-electron chi connectivity index (χ4n) is 4.50. The summed E-state index contributed by atoms with van der Waals surface area (Å²) in [5, 5.41) is 2.87. The standard InChI is InChI=1S/C21H27N5O3/c1-20(2,3)14-8-10-21(11-9-14)18(28)25(19(29)23-21)12-17(27)24-26-13-22-15-6-4-5-7-16(15)26/h4-7,13-14H,8-12H2,1-3H3,(H,23,29)(H,24,27). The zero-order valence-corrected chi connectivity index (χ0v) is 17.1. The van der Waals surface area contributed by atoms with E-state index in [2.05, 4.69) is 36.5 Å². The fourth-order valence-corrected chi connectivity index (χ4v) is 4.50. The summed E-state index contributed by atoms with van der Waals surface area (Å²) in [6, 6.07) is 6.89. The van der Waals surface area contributed by atoms with E-state index >= 15 is 0 Å². The third-order valence-corrected chi connectivity index (χ3v) is 6.31. The van der Waals surface area contributed by atoms with Gasteiger partial charge in [0.1, 0.15) is 18.4 Å². The smallest absolute Gasteiger partial charge is 0.323 e. The first-order valence-corrected chi connectivity index (χ1v) is 10.1. The summed E-state index contributed by atoms with van der Waals surface area (Å²) in [5.41, 5.74) is 3.51. The lowest BCUT2D eigenvalue weighted by atomic mass is 9.67. The van der Waals surface area contributed by atoms with Gasteiger partial charge in [-0.15, -0.1) is 0 Å². The molecule has 1 aliphatic carbocycles. The Bertz CT molecular complexity index is 966. The van der Waals surface area contributed by atoms with Gasteiger partial charge in [0.2, 0.25) is 0 Å². The molecule has 2 heterocycles. The third kappa shape index (κ3) is 3.47. The molecule has 154 valence electrons. The Labute approximate surface area is 169 Å². The van der Waals surface area contributed by atoms with E-state index in [9.17, 15) is 14.4 Å². The number of rotatable bonds is 3. The van der Waals surface area contributed by atoms with Gasteiger partial charge in [0.15, 0.2) is 0 Å². The summed E-state index contributed by atoms with van der Waals surface area (Å²) in [7, 11) is 0. The zero-order valence-electron chi connectivity index (χ0n) is 17.1. The quantitative estimate of drug-likeness (QED) is 0.778. The van der Waals surface area contributed by atoms with E-state index < -0.39 is 17.5 Å². The number of carbonyl (C=O) groups is 3. The molecule has 8 heteroatoms. The highest BCUT2D eigenvalue weighted by atomic mass is 16.2. The van der Waals surface area contributed by atoms with Crippen molar-refractivity contribution in [2.75, 3.05) is 12.0 Å². The van der Waals surface area contributed by atoms with E-state index in [1.165, 1.54) is 11.0 Å². The van der Waals surface area contributed by atoms with Crippen LogP contribution in [0.15, 0.2) is 30.6 Å². The minimum absolute atomic E-state index is 0.181. The highest BCUT2D eigenvalue weighted by Crippen LogP contribution is 2.43. The molecule has 2 fully saturated rings. The Morgan fingerprint density at radius 2 is 1.93 bits per heavy atom. The highest BCUT2D eigenvalue weighted by Gasteiger charge is 2.53. The number of imidazole rings is 1. The van der Waals surface area contributed by atoms with Gasteiger partial charge in [-0.2, -0.15) is 0 Å². The molecule has 1 saturated heterocycles. The van der Waals surface area contributed by atoms with Crippen LogP contribution in [0.5, 0.6) is 0 Å². The van der Waals surface area contributed by atoms with Crippen LogP contribution >= 0.6 is 0 Å². The van der Waals surface area contributed by atoms with Crippen molar-refractivity contribution in [2.24, 2.45) is 11.3 Å². The first-order chi connectivity index (χ1) is 13.7. The fraction of sp³-hybridized carbons (Fsp3) is 0.524. The molecule has 0 atom stereocenters. The molecule has 2 aliphatic rings. The minimum atomic E-state index is -0.860. The maximum absolute atomic E-state index is 13.0. The Kier molecular flexibility index (Phi) is 4.59. The summed E-state index contributed by atoms with van der Waals surface area (Å²) in [5.74, 6) is -0.220. The van der Waals surface area contributed by atoms with Gasteiger partial charge in [-0.1, -0.05) is 32.9 Å². The minimum Gasteiger partial charge on any atom is -0.323 e. The van der Waals surface area contributed by atoms with Gasteiger partial charge < -0.3 is 5.32 Å². The number of carbonyl (C=O) groups excluding carboxylic acids is 3. The predicted molar refractivity (Wildman–Crippen MR) is 108 cm³/mol. The number of hydrogen-bond acceptors (Lipinski definition) is 4. The van der Waals surface area contributed by atoms with Crippen molar-refractivity contribution in [3.05, 3.63) is 30.6 Å². The molecule has 0 radical (unpaired) electrons. The molecule has 1 aliphatic heterocycles. The molecule has 0 unspecified atom stereocenters. The van der Waals surface area contributed by atoms with E-state index in [1.54, 1.807) is 0 Å². The molecule has 2 aromatic rings. The van der Waals surface area contributed by atoms with E-state index in [0.29, 0.717) is 18.8 Å². The van der Waals surface area contributed by atoms with Crippen LogP contribution in [-0.2, 0) is 9.59 Å². The molecule has 4 rings (SSSR count). The molecule has 1 aromatic heterocycles. The van der Waals surface area contributed by atoms with Crippen LogP contribution < -0.4 is 10.7 Å². The SMILES string of the molecule is CC(C)(C)C1CCC2(CC1)NC(=O)N(CC(=O)Nn1cnc3ccccc31)C2=O. The second-order valence-electron chi connectivity index (χ2n) is 9.18. The average Bonchev–Trinajstić information content (AvgIpc) is 3.16. The van der Waals surface area contributed by atoms with Gasteiger partial charge in [-0.05, 0) is 49.1 Å². The first-order valence-electron chi connectivity index (χ1n) is 10.1. The predicted octanol–water partition coefficient (Wildman–Crippen LogP) is 2.63. The van der Waals surface area contributed by atoms with E-state index in [-0.39, 0.29) is 17.9 Å². The summed E-state index contributed by atoms with van der Waals surface area (Å²) in [6.07, 6.45) is 4.50. The van der Waals surface area contributed by atoms with Gasteiger partial charge in [-0.25, -0.2) is 14.5 Å². The van der Waals surface area contributed by atoms with Crippen molar-refractivity contribution in [1.82, 2.24) is 19.9 Å². The first kappa shape index (κ1) is 19.4. The van der Waals surface area contributed by atoms with Crippen LogP contribution in [0.25, 0.3) is 11.0 Å². The van der Waals surface area contributed by atoms with E-state index in [1.807, 2.05) is 24.3 Å². The largest absolute Gasteiger partial charge is 0.325 e. The van der Waals surface area contributed by atoms with Crippen molar-refractivity contribution in [3.8, 4) is 0 Å². The van der Waals surface area contributed by atoms with E-state index in [4.69, 9.17) is 0 Å². The molecule has 4 amide bonds. The number of aromatic nitrogens is 2. The second-order valence-corrected chi connectivity index (χ2v) is 9.18. The molecular formula is C21H27N5O3. The van der Waals surface area contributed by atoms with Gasteiger partial charge in [0.05, 0.1) is 11.0 Å². The summed E-state index contributed by atoms with van der Waals surface area (Å²) in [4.78, 5) is 43.3. The Hall–Kier alpha value is -2.90. The number of nitrogens with zero attached hydrogens (tertiary/aromatic N) is 3. The maximum Gasteiger partial charge on any atom is 0.325 e. The number of nitrogens with one attached hydrogen (secondary N) is 2. The lowest BCUT2D eigenvalue weighted by Gasteiger charge is -2.40. The zero-order chi connectivity index (χ0) is 20.8. The van der Waals surface area contributed by atoms with Crippen LogP contribution in [0.3, 0.4) is 0 Å². The molecule has 1 spiro atoms. The van der Waals surface area contributed by atoms with Gasteiger partial charge in [0, 0.05) is 0 Å². The lowest BCUT2D eigenvalue weighted by Crippen LogP contribution is -2.51. The van der Waals surface area contributed by atoms with Crippen LogP contribution in [0.4, 0.5) is 4.79 Å². The number of fused-ring (bicyclic) bond motifs is 1. The van der Waals surface area contributed by atoms with Crippen LogP contribution in [-0.4, -0.2) is 44.5 Å². The van der Waals surface area contributed by atoms with Crippen LogP contribution in [0, 0.1) is 11.3 Å². The van der Waals surface area contributed by atoms with Crippen molar-refractivity contribution < 1.29 is 14.4 Å². The summed E-state index contributed by atoms with van der Waals surface area (Å²) in [6.45, 7) is 6.31. The number of para-hydroxylation sites is 2. The molecule has 0 bridgehead atoms. The number of benzene rings is 1. The highest BCUT2D eigenvalue weighted by molar-refractivity contribution is 6.09. The molecule has 2 N–H and O–H groups in total. The Morgan fingerprint density at radius 1 is 1.24 bits per heavy atom. The van der Waals surface area contributed by atoms with Crippen molar-refractivity contribution >= 4 is 28.9 Å². The van der Waals surface area contributed by atoms with Crippen molar-refractivity contribution in [2.45, 2.75) is 52.0 Å². The number of amides is 4. The van der Waals surface area contributed by atoms with Crippen LogP contribution in [0.2, 0.25) is 0 Å². The Morgan fingerprint density at radius 3 is 2.62 bits per heavy atom. The van der Waals surface area contributed by atoms with Crippen molar-refractivity contribution in [1.29, 1.82) is 0 Å². The topological polar surface area (TPSA) is 96.3 Å². The van der Waals surface area contributed by atoms with Crippen molar-refractivity contribution in [3.63, 3.8) is 0 Å². The maximum atomic E-state index is 13.0. The van der Waals surface area contributed by atoms with Crippen LogP contribution in [0.1, 0.15) is 46.5 Å². The molecular weight excluding hydrogens is 370 g/mol. The normalized spacial score (nSPS) is 24.9. The lowest BCUT2D eigenvalue weighted by molar-refractivity contribution is -0.135. The molecule has 8 nitrogen and oxygen atoms in total. The second kappa shape index (κ2) is 6.86. The van der Waals surface area contributed by atoms with E-state index in [0.717, 1.165) is 28.8 Å². The van der Waals surface area contributed by atoms with Gasteiger partial charge in [0.25, 0.3) is 11.8 Å². The average molecular weight is 397 g/mol. The summed E-state index contributed by atoms with van der Waals surface area (Å²) >= 11 is 0. The van der Waals surface area contributed by atoms with Gasteiger partial charge >= 0.3 is 6.03 Å². The van der Waals surface area contributed by atoms with Gasteiger partial charge in [-0.3, -0.25) is 19.9 Å². The molecule has 1 saturated carbocycles. The summed E-state index contributed by atoms with van der Waals surface area (Å²) < 4.78 is 1.50. The number of imide groups is 1. The number of urea groups is 1. The number of hydrogen-bond donors (Lipinski definition) is 2. The molecule has 1 aromatic carbocycles. The molecule has 29 heavy (non-hydrogen) atoms.